The highest BCUT2D eigenvalue weighted by Crippen LogP contribution is 2.31. The molecule has 4 heterocycles. The van der Waals surface area contributed by atoms with Crippen LogP contribution in [0.2, 0.25) is 0 Å². The van der Waals surface area contributed by atoms with Crippen molar-refractivity contribution in [3.63, 3.8) is 0 Å². The lowest BCUT2D eigenvalue weighted by molar-refractivity contribution is 0.0712. The zero-order valence-electron chi connectivity index (χ0n) is 12.7. The molecule has 0 saturated carbocycles. The van der Waals surface area contributed by atoms with Crippen LogP contribution in [0.25, 0.3) is 4.96 Å². The minimum atomic E-state index is 0.0832. The number of rotatable bonds is 2. The molecule has 0 N–H and O–H groups in total. The molecule has 0 aromatic carbocycles. The molecule has 0 radical (unpaired) electrons. The van der Waals surface area contributed by atoms with Gasteiger partial charge in [0.2, 0.25) is 4.96 Å². The molecule has 0 bridgehead atoms. The van der Waals surface area contributed by atoms with Crippen LogP contribution in [0.3, 0.4) is 0 Å². The van der Waals surface area contributed by atoms with Crippen LogP contribution >= 0.6 is 11.3 Å². The van der Waals surface area contributed by atoms with Crippen LogP contribution in [0.4, 0.5) is 0 Å². The first kappa shape index (κ1) is 14.3. The molecule has 3 aromatic rings. The molecule has 8 heteroatoms. The maximum absolute atomic E-state index is 12.4. The number of likely N-dealkylation sites (tertiary alicyclic amines) is 1. The number of fused-ring (bicyclic) bond motifs is 1. The van der Waals surface area contributed by atoms with Crippen molar-refractivity contribution in [1.82, 2.24) is 29.7 Å². The summed E-state index contributed by atoms with van der Waals surface area (Å²) in [6.07, 6.45) is 5.17. The summed E-state index contributed by atoms with van der Waals surface area (Å²) >= 11 is 1.60. The average Bonchev–Trinajstić information content (AvgIpc) is 3.18. The van der Waals surface area contributed by atoms with Crippen molar-refractivity contribution in [2.24, 2.45) is 0 Å². The second-order valence-electron chi connectivity index (χ2n) is 5.68. The maximum Gasteiger partial charge on any atom is 0.253 e. The highest BCUT2D eigenvalue weighted by Gasteiger charge is 2.27. The fourth-order valence-corrected chi connectivity index (χ4v) is 3.95. The van der Waals surface area contributed by atoms with E-state index in [-0.39, 0.29) is 5.91 Å². The van der Waals surface area contributed by atoms with Crippen molar-refractivity contribution in [1.29, 1.82) is 0 Å². The Labute approximate surface area is 137 Å². The number of hydrogen-bond donors (Lipinski definition) is 0. The summed E-state index contributed by atoms with van der Waals surface area (Å²) < 4.78 is 1.80. The van der Waals surface area contributed by atoms with Gasteiger partial charge < -0.3 is 4.90 Å². The van der Waals surface area contributed by atoms with Crippen molar-refractivity contribution < 1.29 is 4.79 Å². The van der Waals surface area contributed by atoms with Gasteiger partial charge in [0.15, 0.2) is 5.82 Å². The van der Waals surface area contributed by atoms with E-state index in [4.69, 9.17) is 0 Å². The Bertz CT molecular complexity index is 834. The number of amides is 1. The topological polar surface area (TPSA) is 76.3 Å². The average molecular weight is 328 g/mol. The minimum Gasteiger partial charge on any atom is -0.339 e. The standard InChI is InChI=1S/C15H16N6OS/c1-10-17-18-15-21(10)19-13(23-15)11-4-8-20(9-5-11)14(22)12-2-6-16-7-3-12/h2-3,6-7,11H,4-5,8-9H2,1H3. The number of nitrogens with zero attached hydrogens (tertiary/aromatic N) is 6. The third kappa shape index (κ3) is 2.59. The molecule has 1 aliphatic rings. The fraction of sp³-hybridized carbons (Fsp3) is 0.400. The quantitative estimate of drug-likeness (QED) is 0.718. The van der Waals surface area contributed by atoms with Gasteiger partial charge in [-0.3, -0.25) is 9.78 Å². The molecule has 0 spiro atoms. The summed E-state index contributed by atoms with van der Waals surface area (Å²) in [7, 11) is 0. The molecule has 118 valence electrons. The number of aryl methyl sites for hydroxylation is 1. The van der Waals surface area contributed by atoms with Crippen LogP contribution in [0.1, 0.15) is 39.9 Å². The second-order valence-corrected chi connectivity index (χ2v) is 6.67. The third-order valence-electron chi connectivity index (χ3n) is 4.22. The largest absolute Gasteiger partial charge is 0.339 e. The van der Waals surface area contributed by atoms with Gasteiger partial charge in [-0.05, 0) is 31.9 Å². The Hall–Kier alpha value is -2.35. The Balaban J connectivity index is 1.45. The first-order chi connectivity index (χ1) is 11.2. The number of piperidine rings is 1. The molecular formula is C15H16N6OS. The lowest BCUT2D eigenvalue weighted by Gasteiger charge is -2.31. The lowest BCUT2D eigenvalue weighted by atomic mass is 9.97. The third-order valence-corrected chi connectivity index (χ3v) is 5.28. The first-order valence-corrected chi connectivity index (χ1v) is 8.42. The van der Waals surface area contributed by atoms with Gasteiger partial charge in [-0.15, -0.1) is 10.2 Å². The van der Waals surface area contributed by atoms with Crippen LogP contribution in [0.5, 0.6) is 0 Å². The zero-order valence-corrected chi connectivity index (χ0v) is 13.5. The first-order valence-electron chi connectivity index (χ1n) is 7.60. The highest BCUT2D eigenvalue weighted by atomic mass is 32.1. The van der Waals surface area contributed by atoms with E-state index in [1.807, 2.05) is 11.8 Å². The van der Waals surface area contributed by atoms with Crippen LogP contribution in [-0.2, 0) is 0 Å². The Morgan fingerprint density at radius 1 is 1.22 bits per heavy atom. The van der Waals surface area contributed by atoms with Crippen molar-refractivity contribution in [2.75, 3.05) is 13.1 Å². The van der Waals surface area contributed by atoms with E-state index in [0.717, 1.165) is 41.7 Å². The maximum atomic E-state index is 12.4. The molecule has 1 amide bonds. The monoisotopic (exact) mass is 328 g/mol. The van der Waals surface area contributed by atoms with Gasteiger partial charge in [0.05, 0.1) is 0 Å². The molecule has 23 heavy (non-hydrogen) atoms. The molecular weight excluding hydrogens is 312 g/mol. The van der Waals surface area contributed by atoms with E-state index in [0.29, 0.717) is 11.5 Å². The Morgan fingerprint density at radius 3 is 2.65 bits per heavy atom. The second kappa shape index (κ2) is 5.69. The van der Waals surface area contributed by atoms with Gasteiger partial charge >= 0.3 is 0 Å². The smallest absolute Gasteiger partial charge is 0.253 e. The van der Waals surface area contributed by atoms with E-state index in [1.165, 1.54) is 0 Å². The van der Waals surface area contributed by atoms with Crippen LogP contribution < -0.4 is 0 Å². The summed E-state index contributed by atoms with van der Waals surface area (Å²) in [6, 6.07) is 3.53. The van der Waals surface area contributed by atoms with Gasteiger partial charge in [-0.1, -0.05) is 11.3 Å². The van der Waals surface area contributed by atoms with E-state index in [2.05, 4.69) is 20.3 Å². The van der Waals surface area contributed by atoms with Crippen molar-refractivity contribution in [3.8, 4) is 0 Å². The van der Waals surface area contributed by atoms with E-state index >= 15 is 0 Å². The number of carbonyl (C=O) groups excluding carboxylic acids is 1. The van der Waals surface area contributed by atoms with Crippen LogP contribution in [0, 0.1) is 6.92 Å². The zero-order chi connectivity index (χ0) is 15.8. The van der Waals surface area contributed by atoms with E-state index in [9.17, 15) is 4.79 Å². The summed E-state index contributed by atoms with van der Waals surface area (Å²) in [6.45, 7) is 3.41. The molecule has 1 fully saturated rings. The lowest BCUT2D eigenvalue weighted by Crippen LogP contribution is -2.37. The van der Waals surface area contributed by atoms with Gasteiger partial charge in [-0.2, -0.15) is 9.61 Å². The highest BCUT2D eigenvalue weighted by molar-refractivity contribution is 7.16. The van der Waals surface area contributed by atoms with Crippen molar-refractivity contribution in [2.45, 2.75) is 25.7 Å². The molecule has 0 aliphatic carbocycles. The number of aromatic nitrogens is 5. The number of pyridine rings is 1. The molecule has 4 rings (SSSR count). The summed E-state index contributed by atoms with van der Waals surface area (Å²) in [5.74, 6) is 1.29. The van der Waals surface area contributed by atoms with Crippen molar-refractivity contribution >= 4 is 22.2 Å². The predicted molar refractivity (Wildman–Crippen MR) is 85.5 cm³/mol. The Kier molecular flexibility index (Phi) is 3.53. The molecule has 7 nitrogen and oxygen atoms in total. The normalized spacial score (nSPS) is 16.1. The van der Waals surface area contributed by atoms with Crippen molar-refractivity contribution in [3.05, 3.63) is 40.9 Å². The van der Waals surface area contributed by atoms with Gasteiger partial charge in [-0.25, -0.2) is 0 Å². The molecule has 1 aliphatic heterocycles. The van der Waals surface area contributed by atoms with E-state index in [1.54, 1.807) is 40.4 Å². The summed E-state index contributed by atoms with van der Waals surface area (Å²) in [4.78, 5) is 19.2. The van der Waals surface area contributed by atoms with Gasteiger partial charge in [0, 0.05) is 37.0 Å². The predicted octanol–water partition coefficient (Wildman–Crippen LogP) is 1.91. The summed E-state index contributed by atoms with van der Waals surface area (Å²) in [5.41, 5.74) is 0.702. The molecule has 1 saturated heterocycles. The number of carbonyl (C=O) groups is 1. The van der Waals surface area contributed by atoms with E-state index < -0.39 is 0 Å². The molecule has 0 unspecified atom stereocenters. The number of hydrogen-bond acceptors (Lipinski definition) is 6. The summed E-state index contributed by atoms with van der Waals surface area (Å²) in [5, 5.41) is 13.8. The van der Waals surface area contributed by atoms with Gasteiger partial charge in [0.1, 0.15) is 5.01 Å². The SMILES string of the molecule is Cc1nnc2sc(C3CCN(C(=O)c4ccncc4)CC3)nn12. The van der Waals surface area contributed by atoms with Gasteiger partial charge in [0.25, 0.3) is 5.91 Å². The van der Waals surface area contributed by atoms with Crippen LogP contribution in [0.15, 0.2) is 24.5 Å². The Morgan fingerprint density at radius 2 is 1.96 bits per heavy atom. The fourth-order valence-electron chi connectivity index (χ4n) is 2.90. The molecule has 0 atom stereocenters. The molecule has 3 aromatic heterocycles. The minimum absolute atomic E-state index is 0.0832. The van der Waals surface area contributed by atoms with Crippen LogP contribution in [-0.4, -0.2) is 48.7 Å².